The van der Waals surface area contributed by atoms with E-state index in [0.717, 1.165) is 14.7 Å². The average Bonchev–Trinajstić information content (AvgIpc) is 3.08. The summed E-state index contributed by atoms with van der Waals surface area (Å²) in [5, 5.41) is 36.8. The van der Waals surface area contributed by atoms with Crippen LogP contribution in [0.1, 0.15) is 5.56 Å². The highest BCUT2D eigenvalue weighted by atomic mass is 16.5. The van der Waals surface area contributed by atoms with Crippen LogP contribution in [0, 0.1) is 0 Å². The molecule has 5 amide bonds. The minimum absolute atomic E-state index is 0.0770. The van der Waals surface area contributed by atoms with Crippen LogP contribution in [0.3, 0.4) is 0 Å². The Hall–Kier alpha value is -3.52. The lowest BCUT2D eigenvalue weighted by atomic mass is 10.1. The summed E-state index contributed by atoms with van der Waals surface area (Å²) in [4.78, 5) is 55.8. The molecule has 198 valence electrons. The summed E-state index contributed by atoms with van der Waals surface area (Å²) in [6.45, 7) is -3.02. The molecular weight excluding hydrogens is 476 g/mol. The number of carbonyl (C=O) groups is 4. The van der Waals surface area contributed by atoms with Crippen molar-refractivity contribution in [2.45, 2.75) is 0 Å². The van der Waals surface area contributed by atoms with Crippen LogP contribution in [0.4, 0.5) is 4.79 Å². The van der Waals surface area contributed by atoms with Crippen molar-refractivity contribution in [3.05, 3.63) is 35.5 Å². The molecule has 0 aromatic heterocycles. The van der Waals surface area contributed by atoms with Gasteiger partial charge in [-0.2, -0.15) is 0 Å². The van der Waals surface area contributed by atoms with E-state index in [0.29, 0.717) is 16.2 Å². The summed E-state index contributed by atoms with van der Waals surface area (Å²) in [6, 6.07) is 5.69. The van der Waals surface area contributed by atoms with Crippen molar-refractivity contribution in [2.75, 3.05) is 72.8 Å². The Labute approximate surface area is 208 Å². The van der Waals surface area contributed by atoms with Crippen molar-refractivity contribution in [3.8, 4) is 5.75 Å². The number of hydrogen-bond acceptors (Lipinski definition) is 9. The molecule has 0 aliphatic carbocycles. The fourth-order valence-electron chi connectivity index (χ4n) is 3.56. The number of hydrogen-bond donors (Lipinski definition) is 4. The highest BCUT2D eigenvalue weighted by Crippen LogP contribution is 2.25. The molecule has 1 heterocycles. The molecule has 0 radical (unpaired) electrons. The molecule has 1 aromatic carbocycles. The van der Waals surface area contributed by atoms with Crippen LogP contribution in [0.5, 0.6) is 5.75 Å². The second-order valence-corrected chi connectivity index (χ2v) is 7.72. The lowest BCUT2D eigenvalue weighted by molar-refractivity contribution is -0.136. The third-order valence-corrected chi connectivity index (χ3v) is 5.41. The Kier molecular flexibility index (Phi) is 11.3. The number of carbonyl (C=O) groups excluding carboxylic acids is 4. The average molecular weight is 509 g/mol. The van der Waals surface area contributed by atoms with E-state index < -0.39 is 36.8 Å². The van der Waals surface area contributed by atoms with E-state index in [4.69, 9.17) is 4.74 Å². The number of aliphatic hydroxyl groups is 4. The predicted octanol–water partition coefficient (Wildman–Crippen LogP) is -2.07. The van der Waals surface area contributed by atoms with E-state index in [1.54, 1.807) is 24.3 Å². The minimum atomic E-state index is -0.901. The number of imide groups is 1. The highest BCUT2D eigenvalue weighted by molar-refractivity contribution is 6.16. The van der Waals surface area contributed by atoms with Crippen LogP contribution in [0.25, 0.3) is 6.08 Å². The molecule has 0 bridgehead atoms. The lowest BCUT2D eigenvalue weighted by Crippen LogP contribution is -2.46. The van der Waals surface area contributed by atoms with Gasteiger partial charge in [0.25, 0.3) is 5.91 Å². The zero-order valence-electron chi connectivity index (χ0n) is 20.1. The van der Waals surface area contributed by atoms with Gasteiger partial charge >= 0.3 is 6.03 Å². The zero-order valence-corrected chi connectivity index (χ0v) is 20.1. The van der Waals surface area contributed by atoms with E-state index in [2.05, 4.69) is 0 Å². The summed E-state index contributed by atoms with van der Waals surface area (Å²) in [5.41, 5.74) is 0.387. The third-order valence-electron chi connectivity index (χ3n) is 5.41. The van der Waals surface area contributed by atoms with Crippen LogP contribution in [-0.2, 0) is 14.4 Å². The van der Waals surface area contributed by atoms with Crippen LogP contribution in [-0.4, -0.2) is 137 Å². The van der Waals surface area contributed by atoms with E-state index >= 15 is 0 Å². The molecule has 0 spiro atoms. The quantitative estimate of drug-likeness (QED) is 0.163. The molecule has 0 atom stereocenters. The van der Waals surface area contributed by atoms with Gasteiger partial charge in [0.05, 0.1) is 33.5 Å². The number of nitrogens with zero attached hydrogens (tertiary/aromatic N) is 4. The molecular formula is C23H32N4O9. The normalized spacial score (nSPS) is 14.5. The number of methoxy groups -OCH3 is 1. The fourth-order valence-corrected chi connectivity index (χ4v) is 3.56. The molecule has 2 rings (SSSR count). The number of amides is 5. The van der Waals surface area contributed by atoms with Crippen molar-refractivity contribution in [2.24, 2.45) is 0 Å². The standard InChI is InChI=1S/C23H32N4O9/c1-36-18-4-2-17(3-5-18)14-19-22(34)27(16-21(33)25(8-12-30)9-13-31)23(35)26(19)15-20(32)24(6-10-28)7-11-29/h2-5,14,28-31H,6-13,15-16H2,1H3/b19-14-. The molecule has 1 aliphatic heterocycles. The number of aliphatic hydroxyl groups excluding tert-OH is 4. The zero-order chi connectivity index (χ0) is 26.7. The van der Waals surface area contributed by atoms with Gasteiger partial charge in [-0.1, -0.05) is 12.1 Å². The number of benzene rings is 1. The largest absolute Gasteiger partial charge is 0.497 e. The first kappa shape index (κ1) is 28.7. The van der Waals surface area contributed by atoms with Crippen LogP contribution in [0.2, 0.25) is 0 Å². The van der Waals surface area contributed by atoms with Crippen LogP contribution < -0.4 is 4.74 Å². The monoisotopic (exact) mass is 508 g/mol. The van der Waals surface area contributed by atoms with E-state index in [1.165, 1.54) is 13.2 Å². The number of rotatable bonds is 14. The molecule has 1 fully saturated rings. The fraction of sp³-hybridized carbons (Fsp3) is 0.478. The van der Waals surface area contributed by atoms with Crippen molar-refractivity contribution < 1.29 is 44.3 Å². The van der Waals surface area contributed by atoms with Gasteiger partial charge in [0, 0.05) is 26.2 Å². The lowest BCUT2D eigenvalue weighted by Gasteiger charge is -2.25. The van der Waals surface area contributed by atoms with E-state index in [1.807, 2.05) is 0 Å². The van der Waals surface area contributed by atoms with Gasteiger partial charge in [-0.05, 0) is 23.8 Å². The smallest absolute Gasteiger partial charge is 0.332 e. The van der Waals surface area contributed by atoms with Gasteiger partial charge in [-0.15, -0.1) is 0 Å². The number of urea groups is 1. The Balaban J connectivity index is 2.38. The molecule has 0 unspecified atom stereocenters. The number of ether oxygens (including phenoxy) is 1. The first-order valence-corrected chi connectivity index (χ1v) is 11.3. The first-order valence-electron chi connectivity index (χ1n) is 11.3. The van der Waals surface area contributed by atoms with Gasteiger partial charge in [0.1, 0.15) is 24.5 Å². The molecule has 1 aliphatic rings. The van der Waals surface area contributed by atoms with Gasteiger partial charge < -0.3 is 35.0 Å². The second kappa shape index (κ2) is 14.1. The predicted molar refractivity (Wildman–Crippen MR) is 126 cm³/mol. The molecule has 1 aromatic rings. The molecule has 1 saturated heterocycles. The summed E-state index contributed by atoms with van der Waals surface area (Å²) in [6.07, 6.45) is 1.40. The van der Waals surface area contributed by atoms with Crippen LogP contribution >= 0.6 is 0 Å². The van der Waals surface area contributed by atoms with Crippen molar-refractivity contribution >= 4 is 29.8 Å². The summed E-state index contributed by atoms with van der Waals surface area (Å²) >= 11 is 0. The molecule has 13 heteroatoms. The highest BCUT2D eigenvalue weighted by Gasteiger charge is 2.43. The van der Waals surface area contributed by atoms with Gasteiger partial charge in [0.2, 0.25) is 11.8 Å². The molecule has 4 N–H and O–H groups in total. The minimum Gasteiger partial charge on any atom is -0.497 e. The Morgan fingerprint density at radius 2 is 1.25 bits per heavy atom. The topological polar surface area (TPSA) is 171 Å². The molecule has 13 nitrogen and oxygen atoms in total. The molecule has 0 saturated carbocycles. The third kappa shape index (κ3) is 7.24. The second-order valence-electron chi connectivity index (χ2n) is 7.72. The maximum Gasteiger partial charge on any atom is 0.332 e. The van der Waals surface area contributed by atoms with Gasteiger partial charge in [0.15, 0.2) is 0 Å². The van der Waals surface area contributed by atoms with Gasteiger partial charge in [-0.25, -0.2) is 9.69 Å². The van der Waals surface area contributed by atoms with Crippen molar-refractivity contribution in [1.82, 2.24) is 19.6 Å². The summed E-state index contributed by atoms with van der Waals surface area (Å²) in [7, 11) is 1.50. The maximum atomic E-state index is 13.2. The van der Waals surface area contributed by atoms with Gasteiger partial charge in [-0.3, -0.25) is 19.3 Å². The Morgan fingerprint density at radius 1 is 0.806 bits per heavy atom. The van der Waals surface area contributed by atoms with E-state index in [9.17, 15) is 39.6 Å². The summed E-state index contributed by atoms with van der Waals surface area (Å²) in [5.74, 6) is -1.52. The van der Waals surface area contributed by atoms with Crippen LogP contribution in [0.15, 0.2) is 30.0 Å². The van der Waals surface area contributed by atoms with Crippen molar-refractivity contribution in [1.29, 1.82) is 0 Å². The maximum absolute atomic E-state index is 13.2. The Bertz CT molecular complexity index is 939. The molecule has 36 heavy (non-hydrogen) atoms. The van der Waals surface area contributed by atoms with Crippen molar-refractivity contribution in [3.63, 3.8) is 0 Å². The summed E-state index contributed by atoms with van der Waals surface area (Å²) < 4.78 is 5.12. The SMILES string of the molecule is COc1ccc(/C=C2/C(=O)N(CC(=O)N(CCO)CCO)C(=O)N2CC(=O)N(CCO)CCO)cc1. The first-order chi connectivity index (χ1) is 17.3. The van der Waals surface area contributed by atoms with E-state index in [-0.39, 0.29) is 58.3 Å². The Morgan fingerprint density at radius 3 is 1.67 bits per heavy atom.